The highest BCUT2D eigenvalue weighted by Gasteiger charge is 2.38. The molecule has 0 radical (unpaired) electrons. The van der Waals surface area contributed by atoms with Crippen LogP contribution >= 0.6 is 0 Å². The molecule has 2 aromatic rings. The van der Waals surface area contributed by atoms with Crippen molar-refractivity contribution in [3.63, 3.8) is 0 Å². The van der Waals surface area contributed by atoms with Gasteiger partial charge in [0.05, 0.1) is 7.11 Å². The highest BCUT2D eigenvalue weighted by Crippen LogP contribution is 2.50. The van der Waals surface area contributed by atoms with Crippen molar-refractivity contribution in [2.24, 2.45) is 17.8 Å². The summed E-state index contributed by atoms with van der Waals surface area (Å²) in [6.07, 6.45) is 11.9. The van der Waals surface area contributed by atoms with Crippen LogP contribution in [0, 0.1) is 17.8 Å². The van der Waals surface area contributed by atoms with Crippen LogP contribution in [0.2, 0.25) is 0 Å². The number of phenolic OH excluding ortho intramolecular Hbond substituents is 1. The molecule has 0 unspecified atom stereocenters. The van der Waals surface area contributed by atoms with Crippen LogP contribution in [0.25, 0.3) is 0 Å². The van der Waals surface area contributed by atoms with E-state index in [9.17, 15) is 9.90 Å². The van der Waals surface area contributed by atoms with Gasteiger partial charge in [0.2, 0.25) is 0 Å². The monoisotopic (exact) mass is 447 g/mol. The lowest BCUT2D eigenvalue weighted by Gasteiger charge is -2.41. The molecule has 4 nitrogen and oxygen atoms in total. The molecular weight excluding hydrogens is 410 g/mol. The van der Waals surface area contributed by atoms with Gasteiger partial charge in [-0.05, 0) is 66.8 Å². The summed E-state index contributed by atoms with van der Waals surface area (Å²) in [5, 5.41) is 10.1. The van der Waals surface area contributed by atoms with Gasteiger partial charge in [-0.3, -0.25) is 0 Å². The summed E-state index contributed by atoms with van der Waals surface area (Å²) in [5.74, 6) is 3.22. The number of aldehydes is 1. The lowest BCUT2D eigenvalue weighted by Crippen LogP contribution is -2.34. The fraction of sp³-hybridized carbons (Fsp3) is 0.552. The highest BCUT2D eigenvalue weighted by molar-refractivity contribution is 5.59. The van der Waals surface area contributed by atoms with Crippen molar-refractivity contribution in [1.82, 2.24) is 0 Å². The summed E-state index contributed by atoms with van der Waals surface area (Å²) < 4.78 is 6.01. The van der Waals surface area contributed by atoms with Crippen LogP contribution < -0.4 is 9.64 Å². The Bertz CT molecular complexity index is 973. The first kappa shape index (κ1) is 22.3. The molecule has 1 N–H and O–H groups in total. The van der Waals surface area contributed by atoms with E-state index in [2.05, 4.69) is 29.2 Å². The number of rotatable bonds is 5. The molecule has 2 aliphatic carbocycles. The molecule has 1 saturated heterocycles. The van der Waals surface area contributed by atoms with Crippen LogP contribution in [-0.4, -0.2) is 31.6 Å². The largest absolute Gasteiger partial charge is 0.508 e. The average Bonchev–Trinajstić information content (AvgIpc) is 2.88. The fourth-order valence-corrected chi connectivity index (χ4v) is 6.75. The minimum Gasteiger partial charge on any atom is -0.508 e. The number of ether oxygens (including phenoxy) is 1. The van der Waals surface area contributed by atoms with Gasteiger partial charge in [0.15, 0.2) is 0 Å². The third kappa shape index (κ3) is 4.49. The predicted octanol–water partition coefficient (Wildman–Crippen LogP) is 6.09. The molecule has 2 aromatic carbocycles. The maximum absolute atomic E-state index is 11.2. The number of aromatic hydroxyl groups is 1. The number of fused-ring (bicyclic) bond motifs is 1. The van der Waals surface area contributed by atoms with Gasteiger partial charge in [-0.15, -0.1) is 0 Å². The molecule has 0 spiro atoms. The van der Waals surface area contributed by atoms with Crippen LogP contribution in [0.15, 0.2) is 36.4 Å². The number of piperidine rings is 1. The third-order valence-corrected chi connectivity index (χ3v) is 8.54. The molecule has 2 fully saturated rings. The van der Waals surface area contributed by atoms with Crippen molar-refractivity contribution in [3.05, 3.63) is 53.1 Å². The number of benzene rings is 2. The molecule has 1 saturated carbocycles. The van der Waals surface area contributed by atoms with Gasteiger partial charge in [-0.2, -0.15) is 0 Å². The van der Waals surface area contributed by atoms with Crippen LogP contribution in [0.4, 0.5) is 5.69 Å². The summed E-state index contributed by atoms with van der Waals surface area (Å²) in [4.78, 5) is 13.5. The first-order chi connectivity index (χ1) is 16.2. The van der Waals surface area contributed by atoms with Gasteiger partial charge in [0, 0.05) is 42.2 Å². The Labute approximate surface area is 198 Å². The maximum Gasteiger partial charge on any atom is 0.124 e. The second kappa shape index (κ2) is 9.79. The van der Waals surface area contributed by atoms with Crippen molar-refractivity contribution in [3.8, 4) is 11.5 Å². The number of phenols is 1. The standard InChI is InChI=1S/C29H37NO3/c1-33-28-18-23(30-15-13-20(19-31)14-16-30)8-11-27(28)29-25(21-5-3-2-4-6-21)10-7-22-17-24(32)9-12-26(22)29/h8-9,11-12,17-21,25,29,32H,2-7,10,13-16H2,1H3/t25-,29+/m1/s1. The maximum atomic E-state index is 11.2. The van der Waals surface area contributed by atoms with Crippen LogP contribution in [0.1, 0.15) is 74.0 Å². The van der Waals surface area contributed by atoms with E-state index in [4.69, 9.17) is 4.74 Å². The molecule has 2 atom stereocenters. The predicted molar refractivity (Wildman–Crippen MR) is 132 cm³/mol. The summed E-state index contributed by atoms with van der Waals surface area (Å²) in [7, 11) is 1.79. The Morgan fingerprint density at radius 2 is 1.70 bits per heavy atom. The van der Waals surface area contributed by atoms with Crippen LogP contribution in [0.5, 0.6) is 11.5 Å². The van der Waals surface area contributed by atoms with Crippen LogP contribution in [-0.2, 0) is 11.2 Å². The summed E-state index contributed by atoms with van der Waals surface area (Å²) in [5.41, 5.74) is 5.13. The summed E-state index contributed by atoms with van der Waals surface area (Å²) in [6.45, 7) is 1.84. The van der Waals surface area contributed by atoms with E-state index in [1.807, 2.05) is 12.1 Å². The Hall–Kier alpha value is -2.49. The number of hydrogen-bond donors (Lipinski definition) is 1. The van der Waals surface area contributed by atoms with Gasteiger partial charge in [0.1, 0.15) is 17.8 Å². The van der Waals surface area contributed by atoms with E-state index in [0.717, 1.165) is 50.3 Å². The van der Waals surface area contributed by atoms with Crippen molar-refractivity contribution in [2.75, 3.05) is 25.1 Å². The lowest BCUT2D eigenvalue weighted by atomic mass is 9.64. The van der Waals surface area contributed by atoms with E-state index in [-0.39, 0.29) is 5.92 Å². The SMILES string of the molecule is COc1cc(N2CCC(C=O)CC2)ccc1[C@@H]1c2ccc(O)cc2CC[C@@H]1C1CCCCC1. The topological polar surface area (TPSA) is 49.8 Å². The zero-order valence-electron chi connectivity index (χ0n) is 19.8. The number of carbonyl (C=O) groups excluding carboxylic acids is 1. The summed E-state index contributed by atoms with van der Waals surface area (Å²) >= 11 is 0. The molecule has 0 bridgehead atoms. The van der Waals surface area contributed by atoms with Crippen molar-refractivity contribution in [1.29, 1.82) is 0 Å². The third-order valence-electron chi connectivity index (χ3n) is 8.54. The number of methoxy groups -OCH3 is 1. The second-order valence-electron chi connectivity index (χ2n) is 10.3. The fourth-order valence-electron chi connectivity index (χ4n) is 6.75. The van der Waals surface area contributed by atoms with E-state index in [0.29, 0.717) is 17.6 Å². The number of anilines is 1. The number of hydrogen-bond acceptors (Lipinski definition) is 4. The van der Waals surface area contributed by atoms with E-state index < -0.39 is 0 Å². The molecule has 0 aromatic heterocycles. The molecule has 5 rings (SSSR count). The zero-order valence-corrected chi connectivity index (χ0v) is 19.8. The first-order valence-electron chi connectivity index (χ1n) is 12.9. The Balaban J connectivity index is 1.51. The molecule has 4 heteroatoms. The van der Waals surface area contributed by atoms with Gasteiger partial charge in [0.25, 0.3) is 0 Å². The Morgan fingerprint density at radius 1 is 0.939 bits per heavy atom. The second-order valence-corrected chi connectivity index (χ2v) is 10.3. The smallest absolute Gasteiger partial charge is 0.124 e. The number of carbonyl (C=O) groups is 1. The van der Waals surface area contributed by atoms with Gasteiger partial charge in [-0.1, -0.05) is 44.2 Å². The summed E-state index contributed by atoms with van der Waals surface area (Å²) in [6, 6.07) is 12.7. The molecule has 1 heterocycles. The lowest BCUT2D eigenvalue weighted by molar-refractivity contribution is -0.111. The van der Waals surface area contributed by atoms with E-state index in [1.165, 1.54) is 60.9 Å². The Kier molecular flexibility index (Phi) is 6.62. The van der Waals surface area contributed by atoms with Crippen molar-refractivity contribution in [2.45, 2.75) is 63.7 Å². The molecule has 3 aliphatic rings. The Morgan fingerprint density at radius 3 is 2.42 bits per heavy atom. The van der Waals surface area contributed by atoms with Crippen molar-refractivity contribution >= 4 is 12.0 Å². The number of nitrogens with zero attached hydrogens (tertiary/aromatic N) is 1. The highest BCUT2D eigenvalue weighted by atomic mass is 16.5. The zero-order chi connectivity index (χ0) is 22.8. The number of aryl methyl sites for hydroxylation is 1. The van der Waals surface area contributed by atoms with Crippen molar-refractivity contribution < 1.29 is 14.6 Å². The minimum atomic E-state index is 0.203. The minimum absolute atomic E-state index is 0.203. The normalized spacial score (nSPS) is 24.3. The average molecular weight is 448 g/mol. The molecule has 1 aliphatic heterocycles. The quantitative estimate of drug-likeness (QED) is 0.564. The van der Waals surface area contributed by atoms with Gasteiger partial charge in [-0.25, -0.2) is 0 Å². The molecule has 33 heavy (non-hydrogen) atoms. The van der Waals surface area contributed by atoms with E-state index >= 15 is 0 Å². The van der Waals surface area contributed by atoms with Gasteiger partial charge >= 0.3 is 0 Å². The molecule has 176 valence electrons. The van der Waals surface area contributed by atoms with Gasteiger partial charge < -0.3 is 19.5 Å². The molecule has 0 amide bonds. The first-order valence-corrected chi connectivity index (χ1v) is 12.9. The van der Waals surface area contributed by atoms with Crippen LogP contribution in [0.3, 0.4) is 0 Å². The van der Waals surface area contributed by atoms with E-state index in [1.54, 1.807) is 7.11 Å². The molecular formula is C29H37NO3.